The second kappa shape index (κ2) is 5.95. The van der Waals surface area contributed by atoms with Gasteiger partial charge in [-0.25, -0.2) is 9.97 Å². The molecule has 2 heterocycles. The molecule has 1 aromatic heterocycles. The monoisotopic (exact) mass is 268 g/mol. The van der Waals surface area contributed by atoms with E-state index in [2.05, 4.69) is 40.8 Å². The minimum atomic E-state index is 0.238. The van der Waals surface area contributed by atoms with Gasteiger partial charge in [-0.05, 0) is 46.1 Å². The van der Waals surface area contributed by atoms with Crippen LogP contribution in [0, 0.1) is 0 Å². The average Bonchev–Trinajstić information content (AvgIpc) is 2.50. The highest BCUT2D eigenvalue weighted by Crippen LogP contribution is 2.22. The first kappa shape index (κ1) is 13.7. The van der Waals surface area contributed by atoms with Gasteiger partial charge >= 0.3 is 0 Å². The van der Waals surface area contributed by atoms with Gasteiger partial charge in [0.15, 0.2) is 0 Å². The summed E-state index contributed by atoms with van der Waals surface area (Å²) in [6, 6.07) is 2.09. The van der Waals surface area contributed by atoms with Gasteiger partial charge < -0.3 is 4.90 Å². The molecule has 1 aliphatic rings. The predicted molar refractivity (Wildman–Crippen MR) is 73.9 cm³/mol. The predicted octanol–water partition coefficient (Wildman–Crippen LogP) is 2.00. The molecule has 1 aromatic rings. The third-order valence-corrected chi connectivity index (χ3v) is 3.69. The number of halogens is 1. The Morgan fingerprint density at radius 2 is 2.11 bits per heavy atom. The minimum Gasteiger partial charge on any atom is -0.304 e. The summed E-state index contributed by atoms with van der Waals surface area (Å²) in [7, 11) is 4.29. The van der Waals surface area contributed by atoms with Crippen LogP contribution >= 0.6 is 11.6 Å². The van der Waals surface area contributed by atoms with E-state index in [4.69, 9.17) is 11.6 Å². The van der Waals surface area contributed by atoms with Gasteiger partial charge in [-0.3, -0.25) is 4.90 Å². The largest absolute Gasteiger partial charge is 0.304 e. The van der Waals surface area contributed by atoms with Crippen LogP contribution in [0.4, 0.5) is 0 Å². The molecule has 2 rings (SSSR count). The number of rotatable bonds is 2. The van der Waals surface area contributed by atoms with Crippen LogP contribution in [0.5, 0.6) is 0 Å². The number of likely N-dealkylation sites (N-methyl/N-ethyl adjacent to an activating group) is 2. The lowest BCUT2D eigenvalue weighted by atomic mass is 10.2. The van der Waals surface area contributed by atoms with Gasteiger partial charge in [0.25, 0.3) is 0 Å². The SMILES string of the molecule is CCc1cc(Cl)nc(C2CN(C)CCCN2C)n1. The first-order chi connectivity index (χ1) is 8.60. The lowest BCUT2D eigenvalue weighted by Crippen LogP contribution is -2.32. The van der Waals surface area contributed by atoms with Gasteiger partial charge in [-0.1, -0.05) is 18.5 Å². The van der Waals surface area contributed by atoms with Crippen LogP contribution < -0.4 is 0 Å². The molecule has 0 aliphatic carbocycles. The molecule has 0 saturated carbocycles. The first-order valence-corrected chi connectivity index (χ1v) is 6.90. The summed E-state index contributed by atoms with van der Waals surface area (Å²) in [6.07, 6.45) is 2.08. The van der Waals surface area contributed by atoms with E-state index < -0.39 is 0 Å². The Bertz CT molecular complexity index is 410. The standard InChI is InChI=1S/C13H21ClN4/c1-4-10-8-12(14)16-13(15-10)11-9-17(2)6-5-7-18(11)3/h8,11H,4-7,9H2,1-3H3. The summed E-state index contributed by atoms with van der Waals surface area (Å²) in [5.41, 5.74) is 1.02. The van der Waals surface area contributed by atoms with Crippen LogP contribution in [0.2, 0.25) is 5.15 Å². The maximum atomic E-state index is 6.09. The van der Waals surface area contributed by atoms with Crippen molar-refractivity contribution < 1.29 is 0 Å². The fourth-order valence-electron chi connectivity index (χ4n) is 2.36. The molecule has 18 heavy (non-hydrogen) atoms. The Balaban J connectivity index is 2.29. The molecule has 1 atom stereocenters. The molecule has 1 unspecified atom stereocenters. The number of aryl methyl sites for hydroxylation is 1. The van der Waals surface area contributed by atoms with Gasteiger partial charge in [0.05, 0.1) is 6.04 Å². The van der Waals surface area contributed by atoms with Gasteiger partial charge in [0, 0.05) is 12.2 Å². The minimum absolute atomic E-state index is 0.238. The summed E-state index contributed by atoms with van der Waals surface area (Å²) in [5, 5.41) is 0.553. The zero-order valence-corrected chi connectivity index (χ0v) is 12.1. The van der Waals surface area contributed by atoms with Crippen molar-refractivity contribution in [3.05, 3.63) is 22.7 Å². The summed E-state index contributed by atoms with van der Waals surface area (Å²) < 4.78 is 0. The van der Waals surface area contributed by atoms with Crippen LogP contribution in [0.3, 0.4) is 0 Å². The van der Waals surface area contributed by atoms with Gasteiger partial charge in [0.2, 0.25) is 0 Å². The van der Waals surface area contributed by atoms with Crippen molar-refractivity contribution in [3.63, 3.8) is 0 Å². The molecule has 0 radical (unpaired) electrons. The van der Waals surface area contributed by atoms with Crippen LogP contribution in [0.25, 0.3) is 0 Å². The number of hydrogen-bond acceptors (Lipinski definition) is 4. The van der Waals surface area contributed by atoms with Gasteiger partial charge in [-0.15, -0.1) is 0 Å². The van der Waals surface area contributed by atoms with Crippen molar-refractivity contribution >= 4 is 11.6 Å². The highest BCUT2D eigenvalue weighted by molar-refractivity contribution is 6.29. The normalized spacial score (nSPS) is 23.0. The Labute approximate surface area is 114 Å². The molecule has 0 aromatic carbocycles. The fourth-order valence-corrected chi connectivity index (χ4v) is 2.58. The van der Waals surface area contributed by atoms with Crippen LogP contribution in [0.1, 0.15) is 30.9 Å². The summed E-state index contributed by atoms with van der Waals surface area (Å²) in [6.45, 7) is 5.25. The molecule has 0 amide bonds. The molecule has 0 bridgehead atoms. The number of hydrogen-bond donors (Lipinski definition) is 0. The number of nitrogens with zero attached hydrogens (tertiary/aromatic N) is 4. The first-order valence-electron chi connectivity index (χ1n) is 6.52. The molecule has 100 valence electrons. The third-order valence-electron chi connectivity index (χ3n) is 3.49. The highest BCUT2D eigenvalue weighted by atomic mass is 35.5. The van der Waals surface area contributed by atoms with E-state index in [0.717, 1.165) is 37.6 Å². The molecule has 1 aliphatic heterocycles. The molecule has 4 nitrogen and oxygen atoms in total. The topological polar surface area (TPSA) is 32.3 Å². The van der Waals surface area contributed by atoms with E-state index >= 15 is 0 Å². The van der Waals surface area contributed by atoms with E-state index in [1.165, 1.54) is 6.42 Å². The maximum absolute atomic E-state index is 6.09. The quantitative estimate of drug-likeness (QED) is 0.768. The summed E-state index contributed by atoms with van der Waals surface area (Å²) in [4.78, 5) is 13.7. The molecule has 1 fully saturated rings. The lowest BCUT2D eigenvalue weighted by molar-refractivity contribution is 0.219. The second-order valence-electron chi connectivity index (χ2n) is 5.01. The molecule has 0 spiro atoms. The van der Waals surface area contributed by atoms with E-state index in [0.29, 0.717) is 5.15 Å². The lowest BCUT2D eigenvalue weighted by Gasteiger charge is -2.26. The summed E-state index contributed by atoms with van der Waals surface area (Å²) in [5.74, 6) is 0.857. The smallest absolute Gasteiger partial charge is 0.148 e. The van der Waals surface area contributed by atoms with E-state index in [9.17, 15) is 0 Å². The van der Waals surface area contributed by atoms with Crippen LogP contribution in [0.15, 0.2) is 6.07 Å². The maximum Gasteiger partial charge on any atom is 0.148 e. The zero-order chi connectivity index (χ0) is 13.1. The van der Waals surface area contributed by atoms with Crippen LogP contribution in [-0.4, -0.2) is 53.5 Å². The van der Waals surface area contributed by atoms with Crippen LogP contribution in [-0.2, 0) is 6.42 Å². The van der Waals surface area contributed by atoms with E-state index in [1.54, 1.807) is 0 Å². The van der Waals surface area contributed by atoms with Crippen molar-refractivity contribution in [3.8, 4) is 0 Å². The van der Waals surface area contributed by atoms with Gasteiger partial charge in [-0.2, -0.15) is 0 Å². The zero-order valence-electron chi connectivity index (χ0n) is 11.4. The second-order valence-corrected chi connectivity index (χ2v) is 5.39. The Hall–Kier alpha value is -0.710. The third kappa shape index (κ3) is 3.19. The molecular formula is C13H21ClN4. The Morgan fingerprint density at radius 3 is 2.83 bits per heavy atom. The Kier molecular flexibility index (Phi) is 4.54. The average molecular weight is 269 g/mol. The fraction of sp³-hybridized carbons (Fsp3) is 0.692. The van der Waals surface area contributed by atoms with E-state index in [-0.39, 0.29) is 6.04 Å². The van der Waals surface area contributed by atoms with E-state index in [1.807, 2.05) is 6.07 Å². The number of aromatic nitrogens is 2. The molecule has 5 heteroatoms. The van der Waals surface area contributed by atoms with Crippen molar-refractivity contribution in [2.75, 3.05) is 33.7 Å². The van der Waals surface area contributed by atoms with Crippen molar-refractivity contribution in [1.82, 2.24) is 19.8 Å². The van der Waals surface area contributed by atoms with Crippen molar-refractivity contribution in [1.29, 1.82) is 0 Å². The molecule has 1 saturated heterocycles. The molecule has 0 N–H and O–H groups in total. The summed E-state index contributed by atoms with van der Waals surface area (Å²) >= 11 is 6.09. The van der Waals surface area contributed by atoms with Crippen molar-refractivity contribution in [2.45, 2.75) is 25.8 Å². The van der Waals surface area contributed by atoms with Gasteiger partial charge in [0.1, 0.15) is 11.0 Å². The molecular weight excluding hydrogens is 248 g/mol. The van der Waals surface area contributed by atoms with Crippen molar-refractivity contribution in [2.24, 2.45) is 0 Å². The highest BCUT2D eigenvalue weighted by Gasteiger charge is 2.24. The Morgan fingerprint density at radius 1 is 1.33 bits per heavy atom.